The third kappa shape index (κ3) is 5.39. The molecule has 0 unspecified atom stereocenters. The first kappa shape index (κ1) is 20.6. The van der Waals surface area contributed by atoms with E-state index in [9.17, 15) is 4.79 Å². The number of rotatable bonds is 8. The average molecular weight is 371 g/mol. The smallest absolute Gasteiger partial charge is 0.251 e. The Morgan fingerprint density at radius 1 is 1.00 bits per heavy atom. The molecule has 0 bridgehead atoms. The Kier molecular flexibility index (Phi) is 7.11. The molecule has 0 aliphatic rings. The molecule has 0 heterocycles. The molecule has 146 valence electrons. The van der Waals surface area contributed by atoms with Crippen LogP contribution in [0.1, 0.15) is 48.2 Å². The summed E-state index contributed by atoms with van der Waals surface area (Å²) in [6.07, 6.45) is 0. The largest absolute Gasteiger partial charge is 0.497 e. The Hall–Kier alpha value is -2.69. The first-order chi connectivity index (χ1) is 12.8. The van der Waals surface area contributed by atoms with Crippen molar-refractivity contribution in [2.45, 2.75) is 39.7 Å². The Balaban J connectivity index is 2.01. The van der Waals surface area contributed by atoms with E-state index in [0.717, 1.165) is 28.4 Å². The molecule has 2 rings (SSSR count). The van der Waals surface area contributed by atoms with E-state index in [0.29, 0.717) is 12.2 Å². The Morgan fingerprint density at radius 3 is 2.19 bits per heavy atom. The standard InChI is InChI=1S/C22H29NO4/c1-14(2)19-12-20(15(3)11-21(19)26-6)22(24)23-16(4)13-27-18-9-7-17(25-5)8-10-18/h7-12,14,16H,13H2,1-6H3,(H,23,24)/t16-/m0/s1. The Bertz CT molecular complexity index is 769. The topological polar surface area (TPSA) is 56.8 Å². The van der Waals surface area contributed by atoms with Gasteiger partial charge in [-0.1, -0.05) is 13.8 Å². The summed E-state index contributed by atoms with van der Waals surface area (Å²) in [5.74, 6) is 2.49. The zero-order chi connectivity index (χ0) is 20.0. The molecule has 1 N–H and O–H groups in total. The number of carbonyl (C=O) groups is 1. The number of amides is 1. The second-order valence-corrected chi connectivity index (χ2v) is 6.92. The van der Waals surface area contributed by atoms with Crippen LogP contribution in [0.5, 0.6) is 17.2 Å². The summed E-state index contributed by atoms with van der Waals surface area (Å²) in [5.41, 5.74) is 2.57. The van der Waals surface area contributed by atoms with Gasteiger partial charge in [-0.15, -0.1) is 0 Å². The number of aryl methyl sites for hydroxylation is 1. The summed E-state index contributed by atoms with van der Waals surface area (Å²) in [4.78, 5) is 12.7. The molecule has 0 radical (unpaired) electrons. The first-order valence-electron chi connectivity index (χ1n) is 9.12. The van der Waals surface area contributed by atoms with Crippen LogP contribution in [0.15, 0.2) is 36.4 Å². The summed E-state index contributed by atoms with van der Waals surface area (Å²) in [6.45, 7) is 8.38. The molecule has 5 heteroatoms. The predicted octanol–water partition coefficient (Wildman–Crippen LogP) is 4.33. The van der Waals surface area contributed by atoms with Crippen molar-refractivity contribution in [2.24, 2.45) is 0 Å². The number of benzene rings is 2. The first-order valence-corrected chi connectivity index (χ1v) is 9.12. The molecule has 1 atom stereocenters. The number of methoxy groups -OCH3 is 2. The highest BCUT2D eigenvalue weighted by molar-refractivity contribution is 5.96. The van der Waals surface area contributed by atoms with Gasteiger partial charge >= 0.3 is 0 Å². The maximum absolute atomic E-state index is 12.7. The third-order valence-corrected chi connectivity index (χ3v) is 4.38. The summed E-state index contributed by atoms with van der Waals surface area (Å²) >= 11 is 0. The lowest BCUT2D eigenvalue weighted by Gasteiger charge is -2.18. The number of hydrogen-bond acceptors (Lipinski definition) is 4. The number of hydrogen-bond donors (Lipinski definition) is 1. The van der Waals surface area contributed by atoms with Gasteiger partial charge in [-0.25, -0.2) is 0 Å². The van der Waals surface area contributed by atoms with Crippen LogP contribution in [-0.4, -0.2) is 32.8 Å². The van der Waals surface area contributed by atoms with Crippen molar-refractivity contribution < 1.29 is 19.0 Å². The van der Waals surface area contributed by atoms with Crippen LogP contribution in [0.25, 0.3) is 0 Å². The quantitative estimate of drug-likeness (QED) is 0.750. The van der Waals surface area contributed by atoms with Gasteiger partial charge in [0.15, 0.2) is 0 Å². The van der Waals surface area contributed by atoms with Crippen molar-refractivity contribution in [3.05, 3.63) is 53.1 Å². The lowest BCUT2D eigenvalue weighted by atomic mass is 9.96. The van der Waals surface area contributed by atoms with Crippen LogP contribution in [0.3, 0.4) is 0 Å². The van der Waals surface area contributed by atoms with E-state index in [1.807, 2.05) is 50.2 Å². The number of ether oxygens (including phenoxy) is 3. The maximum atomic E-state index is 12.7. The minimum Gasteiger partial charge on any atom is -0.497 e. The van der Waals surface area contributed by atoms with Crippen LogP contribution < -0.4 is 19.5 Å². The summed E-state index contributed by atoms with van der Waals surface area (Å²) in [5, 5.41) is 3.00. The summed E-state index contributed by atoms with van der Waals surface area (Å²) in [6, 6.07) is 11.1. The molecule has 2 aromatic rings. The lowest BCUT2D eigenvalue weighted by molar-refractivity contribution is 0.0926. The van der Waals surface area contributed by atoms with Crippen LogP contribution in [0, 0.1) is 6.92 Å². The minimum absolute atomic E-state index is 0.108. The van der Waals surface area contributed by atoms with Gasteiger partial charge in [-0.3, -0.25) is 4.79 Å². The van der Waals surface area contributed by atoms with Gasteiger partial charge in [0.1, 0.15) is 23.9 Å². The molecule has 5 nitrogen and oxygen atoms in total. The van der Waals surface area contributed by atoms with Gasteiger partial charge in [0.2, 0.25) is 0 Å². The maximum Gasteiger partial charge on any atom is 0.251 e. The van der Waals surface area contributed by atoms with Crippen LogP contribution >= 0.6 is 0 Å². The van der Waals surface area contributed by atoms with Crippen molar-refractivity contribution in [1.29, 1.82) is 0 Å². The molecule has 0 saturated carbocycles. The summed E-state index contributed by atoms with van der Waals surface area (Å²) < 4.78 is 16.3. The zero-order valence-corrected chi connectivity index (χ0v) is 17.0. The molecule has 1 amide bonds. The highest BCUT2D eigenvalue weighted by atomic mass is 16.5. The molecular formula is C22H29NO4. The van der Waals surface area contributed by atoms with E-state index in [1.54, 1.807) is 14.2 Å². The van der Waals surface area contributed by atoms with Gasteiger partial charge in [0, 0.05) is 5.56 Å². The van der Waals surface area contributed by atoms with Crippen LogP contribution in [0.4, 0.5) is 0 Å². The van der Waals surface area contributed by atoms with Gasteiger partial charge in [-0.2, -0.15) is 0 Å². The van der Waals surface area contributed by atoms with E-state index in [2.05, 4.69) is 19.2 Å². The fraction of sp³-hybridized carbons (Fsp3) is 0.409. The summed E-state index contributed by atoms with van der Waals surface area (Å²) in [7, 11) is 3.28. The molecule has 0 aromatic heterocycles. The van der Waals surface area contributed by atoms with E-state index in [-0.39, 0.29) is 17.9 Å². The van der Waals surface area contributed by atoms with E-state index in [4.69, 9.17) is 14.2 Å². The van der Waals surface area contributed by atoms with Crippen LogP contribution in [0.2, 0.25) is 0 Å². The van der Waals surface area contributed by atoms with Crippen molar-refractivity contribution in [1.82, 2.24) is 5.32 Å². The minimum atomic E-state index is -0.136. The molecule has 0 saturated heterocycles. The fourth-order valence-corrected chi connectivity index (χ4v) is 2.81. The van der Waals surface area contributed by atoms with Crippen molar-refractivity contribution in [2.75, 3.05) is 20.8 Å². The normalized spacial score (nSPS) is 11.8. The third-order valence-electron chi connectivity index (χ3n) is 4.38. The monoisotopic (exact) mass is 371 g/mol. The Labute approximate surface area is 161 Å². The average Bonchev–Trinajstić information content (AvgIpc) is 2.66. The molecule has 2 aromatic carbocycles. The van der Waals surface area contributed by atoms with Crippen molar-refractivity contribution in [3.8, 4) is 17.2 Å². The van der Waals surface area contributed by atoms with E-state index >= 15 is 0 Å². The second-order valence-electron chi connectivity index (χ2n) is 6.92. The van der Waals surface area contributed by atoms with Gasteiger partial charge in [0.25, 0.3) is 5.91 Å². The van der Waals surface area contributed by atoms with Gasteiger partial charge in [0.05, 0.1) is 20.3 Å². The fourth-order valence-electron chi connectivity index (χ4n) is 2.81. The highest BCUT2D eigenvalue weighted by Crippen LogP contribution is 2.29. The molecular weight excluding hydrogens is 342 g/mol. The molecule has 0 fully saturated rings. The SMILES string of the molecule is COc1ccc(OC[C@H](C)NC(=O)c2cc(C(C)C)c(OC)cc2C)cc1. The van der Waals surface area contributed by atoms with E-state index in [1.165, 1.54) is 0 Å². The van der Waals surface area contributed by atoms with Crippen molar-refractivity contribution in [3.63, 3.8) is 0 Å². The molecule has 27 heavy (non-hydrogen) atoms. The van der Waals surface area contributed by atoms with E-state index < -0.39 is 0 Å². The molecule has 0 aliphatic heterocycles. The zero-order valence-electron chi connectivity index (χ0n) is 17.0. The molecule has 0 spiro atoms. The number of carbonyl (C=O) groups excluding carboxylic acids is 1. The van der Waals surface area contributed by atoms with Crippen LogP contribution in [-0.2, 0) is 0 Å². The van der Waals surface area contributed by atoms with Crippen molar-refractivity contribution >= 4 is 5.91 Å². The molecule has 0 aliphatic carbocycles. The highest BCUT2D eigenvalue weighted by Gasteiger charge is 2.17. The second kappa shape index (κ2) is 9.31. The van der Waals surface area contributed by atoms with Gasteiger partial charge in [-0.05, 0) is 67.3 Å². The number of nitrogens with one attached hydrogen (secondary N) is 1. The predicted molar refractivity (Wildman–Crippen MR) is 107 cm³/mol. The lowest BCUT2D eigenvalue weighted by Crippen LogP contribution is -2.37. The van der Waals surface area contributed by atoms with Gasteiger partial charge < -0.3 is 19.5 Å². The Morgan fingerprint density at radius 2 is 1.63 bits per heavy atom.